The van der Waals surface area contributed by atoms with Crippen molar-refractivity contribution >= 4 is 5.69 Å². The SMILES string of the molecule is Cc1cccc(CN2CCOCC2)c1N1CCOCC1. The summed E-state index contributed by atoms with van der Waals surface area (Å²) in [4.78, 5) is 4.97. The minimum atomic E-state index is 0.839. The second kappa shape index (κ2) is 6.57. The fraction of sp³-hybridized carbons (Fsp3) is 0.625. The molecule has 2 aliphatic rings. The lowest BCUT2D eigenvalue weighted by Gasteiger charge is -2.34. The van der Waals surface area contributed by atoms with Crippen LogP contribution in [0, 0.1) is 6.92 Å². The van der Waals surface area contributed by atoms with E-state index in [1.807, 2.05) is 0 Å². The van der Waals surface area contributed by atoms with Gasteiger partial charge >= 0.3 is 0 Å². The Morgan fingerprint density at radius 3 is 2.30 bits per heavy atom. The largest absolute Gasteiger partial charge is 0.379 e. The van der Waals surface area contributed by atoms with Gasteiger partial charge in [-0.05, 0) is 18.1 Å². The molecule has 0 radical (unpaired) electrons. The topological polar surface area (TPSA) is 24.9 Å². The lowest BCUT2D eigenvalue weighted by molar-refractivity contribution is 0.0342. The number of rotatable bonds is 3. The Morgan fingerprint density at radius 1 is 0.950 bits per heavy atom. The lowest BCUT2D eigenvalue weighted by Crippen LogP contribution is -2.39. The molecule has 0 amide bonds. The van der Waals surface area contributed by atoms with E-state index >= 15 is 0 Å². The fourth-order valence-corrected chi connectivity index (χ4v) is 3.09. The molecule has 0 saturated carbocycles. The van der Waals surface area contributed by atoms with Gasteiger partial charge in [-0.15, -0.1) is 0 Å². The third-order valence-electron chi connectivity index (χ3n) is 4.15. The molecular formula is C16H24N2O2. The summed E-state index contributed by atoms with van der Waals surface area (Å²) in [5.74, 6) is 0. The highest BCUT2D eigenvalue weighted by atomic mass is 16.5. The summed E-state index contributed by atoms with van der Waals surface area (Å²) in [7, 11) is 0. The van der Waals surface area contributed by atoms with Crippen molar-refractivity contribution < 1.29 is 9.47 Å². The lowest BCUT2D eigenvalue weighted by atomic mass is 10.1. The second-order valence-electron chi connectivity index (χ2n) is 5.57. The fourth-order valence-electron chi connectivity index (χ4n) is 3.09. The quantitative estimate of drug-likeness (QED) is 0.838. The van der Waals surface area contributed by atoms with E-state index in [2.05, 4.69) is 34.9 Å². The monoisotopic (exact) mass is 276 g/mol. The first kappa shape index (κ1) is 13.9. The number of anilines is 1. The molecule has 0 aromatic heterocycles. The van der Waals surface area contributed by atoms with Crippen LogP contribution in [0.4, 0.5) is 5.69 Å². The number of ether oxygens (including phenoxy) is 2. The van der Waals surface area contributed by atoms with E-state index in [1.54, 1.807) is 0 Å². The Kier molecular flexibility index (Phi) is 4.55. The van der Waals surface area contributed by atoms with Crippen LogP contribution in [0.15, 0.2) is 18.2 Å². The highest BCUT2D eigenvalue weighted by Crippen LogP contribution is 2.27. The van der Waals surface area contributed by atoms with Gasteiger partial charge in [0.15, 0.2) is 0 Å². The number of nitrogens with zero attached hydrogens (tertiary/aromatic N) is 2. The zero-order chi connectivity index (χ0) is 13.8. The first-order chi connectivity index (χ1) is 9.84. The number of benzene rings is 1. The number of para-hydroxylation sites is 1. The maximum atomic E-state index is 5.48. The van der Waals surface area contributed by atoms with Crippen LogP contribution >= 0.6 is 0 Å². The van der Waals surface area contributed by atoms with E-state index in [0.717, 1.165) is 59.2 Å². The van der Waals surface area contributed by atoms with Crippen molar-refractivity contribution in [1.82, 2.24) is 4.90 Å². The molecule has 1 aromatic carbocycles. The molecule has 4 heteroatoms. The van der Waals surface area contributed by atoms with E-state index in [0.29, 0.717) is 0 Å². The van der Waals surface area contributed by atoms with Crippen LogP contribution in [-0.4, -0.2) is 57.5 Å². The summed E-state index contributed by atoms with van der Waals surface area (Å²) in [5.41, 5.74) is 4.23. The van der Waals surface area contributed by atoms with Gasteiger partial charge in [0, 0.05) is 38.4 Å². The summed E-state index contributed by atoms with van der Waals surface area (Å²) < 4.78 is 10.9. The molecule has 0 N–H and O–H groups in total. The molecule has 0 unspecified atom stereocenters. The molecule has 2 heterocycles. The van der Waals surface area contributed by atoms with Crippen LogP contribution in [0.1, 0.15) is 11.1 Å². The zero-order valence-electron chi connectivity index (χ0n) is 12.3. The van der Waals surface area contributed by atoms with Gasteiger partial charge in [-0.25, -0.2) is 0 Å². The number of hydrogen-bond acceptors (Lipinski definition) is 4. The predicted molar refractivity (Wildman–Crippen MR) is 80.3 cm³/mol. The molecular weight excluding hydrogens is 252 g/mol. The minimum Gasteiger partial charge on any atom is -0.379 e. The van der Waals surface area contributed by atoms with Gasteiger partial charge in [0.25, 0.3) is 0 Å². The number of aryl methyl sites for hydroxylation is 1. The third kappa shape index (κ3) is 3.14. The van der Waals surface area contributed by atoms with Crippen molar-refractivity contribution in [3.63, 3.8) is 0 Å². The standard InChI is InChI=1S/C16H24N2O2/c1-14-3-2-4-15(13-17-5-9-19-10-6-17)16(14)18-7-11-20-12-8-18/h2-4H,5-13H2,1H3. The number of hydrogen-bond donors (Lipinski definition) is 0. The van der Waals surface area contributed by atoms with E-state index < -0.39 is 0 Å². The molecule has 2 saturated heterocycles. The van der Waals surface area contributed by atoms with E-state index in [9.17, 15) is 0 Å². The van der Waals surface area contributed by atoms with Gasteiger partial charge in [-0.1, -0.05) is 18.2 Å². The van der Waals surface area contributed by atoms with Crippen LogP contribution in [0.2, 0.25) is 0 Å². The molecule has 20 heavy (non-hydrogen) atoms. The van der Waals surface area contributed by atoms with Crippen molar-refractivity contribution in [2.75, 3.05) is 57.5 Å². The summed E-state index contributed by atoms with van der Waals surface area (Å²) in [6.45, 7) is 10.7. The molecule has 0 atom stereocenters. The molecule has 110 valence electrons. The highest BCUT2D eigenvalue weighted by Gasteiger charge is 2.19. The smallest absolute Gasteiger partial charge is 0.0642 e. The highest BCUT2D eigenvalue weighted by molar-refractivity contribution is 5.59. The van der Waals surface area contributed by atoms with Crippen molar-refractivity contribution in [3.8, 4) is 0 Å². The normalized spacial score (nSPS) is 21.1. The first-order valence-electron chi connectivity index (χ1n) is 7.56. The Morgan fingerprint density at radius 2 is 1.60 bits per heavy atom. The molecule has 3 rings (SSSR count). The van der Waals surface area contributed by atoms with Gasteiger partial charge in [-0.3, -0.25) is 4.90 Å². The first-order valence-corrected chi connectivity index (χ1v) is 7.56. The molecule has 0 aliphatic carbocycles. The minimum absolute atomic E-state index is 0.839. The van der Waals surface area contributed by atoms with Gasteiger partial charge in [-0.2, -0.15) is 0 Å². The molecule has 1 aromatic rings. The second-order valence-corrected chi connectivity index (χ2v) is 5.57. The van der Waals surface area contributed by atoms with E-state index in [4.69, 9.17) is 9.47 Å². The van der Waals surface area contributed by atoms with Crippen molar-refractivity contribution in [1.29, 1.82) is 0 Å². The van der Waals surface area contributed by atoms with Crippen LogP contribution in [-0.2, 0) is 16.0 Å². The Bertz CT molecular complexity index is 438. The third-order valence-corrected chi connectivity index (χ3v) is 4.15. The summed E-state index contributed by atoms with van der Waals surface area (Å²) >= 11 is 0. The zero-order valence-corrected chi connectivity index (χ0v) is 12.3. The van der Waals surface area contributed by atoms with Gasteiger partial charge in [0.1, 0.15) is 0 Å². The molecule has 0 spiro atoms. The summed E-state index contributed by atoms with van der Waals surface area (Å²) in [6.07, 6.45) is 0. The van der Waals surface area contributed by atoms with Gasteiger partial charge in [0.05, 0.1) is 26.4 Å². The van der Waals surface area contributed by atoms with Crippen LogP contribution < -0.4 is 4.90 Å². The molecule has 2 fully saturated rings. The summed E-state index contributed by atoms with van der Waals surface area (Å²) in [5, 5.41) is 0. The molecule has 0 bridgehead atoms. The Balaban J connectivity index is 1.79. The van der Waals surface area contributed by atoms with Crippen molar-refractivity contribution in [3.05, 3.63) is 29.3 Å². The average Bonchev–Trinajstić information content (AvgIpc) is 2.49. The van der Waals surface area contributed by atoms with E-state index in [-0.39, 0.29) is 0 Å². The van der Waals surface area contributed by atoms with Crippen LogP contribution in [0.3, 0.4) is 0 Å². The van der Waals surface area contributed by atoms with Crippen molar-refractivity contribution in [2.24, 2.45) is 0 Å². The average molecular weight is 276 g/mol. The Hall–Kier alpha value is -1.10. The maximum absolute atomic E-state index is 5.48. The van der Waals surface area contributed by atoms with Crippen LogP contribution in [0.25, 0.3) is 0 Å². The van der Waals surface area contributed by atoms with Gasteiger partial charge < -0.3 is 14.4 Å². The van der Waals surface area contributed by atoms with Crippen LogP contribution in [0.5, 0.6) is 0 Å². The predicted octanol–water partition coefficient (Wildman–Crippen LogP) is 1.66. The Labute approximate surface area is 121 Å². The number of morpholine rings is 2. The van der Waals surface area contributed by atoms with E-state index in [1.165, 1.54) is 16.8 Å². The van der Waals surface area contributed by atoms with Crippen molar-refractivity contribution in [2.45, 2.75) is 13.5 Å². The molecule has 2 aliphatic heterocycles. The molecule has 4 nitrogen and oxygen atoms in total. The van der Waals surface area contributed by atoms with Gasteiger partial charge in [0.2, 0.25) is 0 Å². The summed E-state index contributed by atoms with van der Waals surface area (Å²) in [6, 6.07) is 6.66. The maximum Gasteiger partial charge on any atom is 0.0642 e.